The Labute approximate surface area is 183 Å². The Bertz CT molecular complexity index is 1120. The molecule has 0 atom stereocenters. The number of hydrogen-bond acceptors (Lipinski definition) is 4. The number of amides is 2. The molecule has 166 valence electrons. The van der Waals surface area contributed by atoms with Gasteiger partial charge in [-0.25, -0.2) is 17.2 Å². The van der Waals surface area contributed by atoms with Crippen LogP contribution in [0.4, 0.5) is 14.5 Å². The van der Waals surface area contributed by atoms with E-state index in [2.05, 4.69) is 10.6 Å². The molecule has 0 spiro atoms. The number of halogens is 3. The fourth-order valence-electron chi connectivity index (χ4n) is 3.30. The molecule has 2 aromatic rings. The van der Waals surface area contributed by atoms with Crippen LogP contribution in [0.2, 0.25) is 5.02 Å². The molecule has 1 fully saturated rings. The van der Waals surface area contributed by atoms with Gasteiger partial charge in [0.1, 0.15) is 11.6 Å². The summed E-state index contributed by atoms with van der Waals surface area (Å²) in [6.45, 7) is 0.199. The minimum absolute atomic E-state index is 0.0995. The van der Waals surface area contributed by atoms with Gasteiger partial charge in [-0.2, -0.15) is 4.31 Å². The monoisotopic (exact) mass is 471 g/mol. The van der Waals surface area contributed by atoms with Crippen LogP contribution in [-0.4, -0.2) is 44.7 Å². The van der Waals surface area contributed by atoms with E-state index in [1.807, 2.05) is 0 Å². The average molecular weight is 472 g/mol. The molecule has 0 radical (unpaired) electrons. The lowest BCUT2D eigenvalue weighted by Gasteiger charge is -2.30. The van der Waals surface area contributed by atoms with Crippen LogP contribution < -0.4 is 10.6 Å². The number of nitrogens with one attached hydrogen (secondary N) is 2. The van der Waals surface area contributed by atoms with Crippen LogP contribution in [0.3, 0.4) is 0 Å². The molecular weight excluding hydrogens is 452 g/mol. The van der Waals surface area contributed by atoms with Crippen LogP contribution >= 0.6 is 11.6 Å². The highest BCUT2D eigenvalue weighted by Gasteiger charge is 2.32. The standard InChI is InChI=1S/C20H20ClF2N3O4S/c1-24-20(28)15-10-13(2-4-17(15)22)25-19(27)12-6-8-26(9-7-12)31(29,30)14-3-5-18(23)16(21)11-14/h2-5,10-12H,6-9H2,1H3,(H,24,28)(H,25,27). The molecule has 0 bridgehead atoms. The number of sulfonamides is 1. The fraction of sp³-hybridized carbons (Fsp3) is 0.300. The molecule has 0 aliphatic carbocycles. The summed E-state index contributed by atoms with van der Waals surface area (Å²) in [7, 11) is -2.50. The van der Waals surface area contributed by atoms with Crippen molar-refractivity contribution in [3.8, 4) is 0 Å². The predicted octanol–water partition coefficient (Wildman–Crippen LogP) is 3.02. The number of benzene rings is 2. The van der Waals surface area contributed by atoms with E-state index in [0.717, 1.165) is 24.3 Å². The van der Waals surface area contributed by atoms with Crippen LogP contribution in [-0.2, 0) is 14.8 Å². The van der Waals surface area contributed by atoms with Crippen molar-refractivity contribution >= 4 is 39.1 Å². The first-order valence-electron chi connectivity index (χ1n) is 9.41. The summed E-state index contributed by atoms with van der Waals surface area (Å²) < 4.78 is 53.8. The lowest BCUT2D eigenvalue weighted by molar-refractivity contribution is -0.120. The fourth-order valence-corrected chi connectivity index (χ4v) is 5.04. The third-order valence-electron chi connectivity index (χ3n) is 5.06. The van der Waals surface area contributed by atoms with E-state index in [-0.39, 0.29) is 53.0 Å². The van der Waals surface area contributed by atoms with E-state index in [9.17, 15) is 26.8 Å². The largest absolute Gasteiger partial charge is 0.355 e. The normalized spacial score (nSPS) is 15.5. The number of carbonyl (C=O) groups excluding carboxylic acids is 2. The van der Waals surface area contributed by atoms with Gasteiger partial charge in [0.2, 0.25) is 15.9 Å². The first-order chi connectivity index (χ1) is 14.6. The second-order valence-electron chi connectivity index (χ2n) is 7.02. The highest BCUT2D eigenvalue weighted by Crippen LogP contribution is 2.27. The molecule has 0 saturated carbocycles. The molecule has 2 aromatic carbocycles. The van der Waals surface area contributed by atoms with Gasteiger partial charge in [0.05, 0.1) is 15.5 Å². The Kier molecular flexibility index (Phi) is 6.93. The van der Waals surface area contributed by atoms with Crippen molar-refractivity contribution in [1.29, 1.82) is 0 Å². The van der Waals surface area contributed by atoms with Crippen molar-refractivity contribution in [2.75, 3.05) is 25.5 Å². The molecule has 11 heteroatoms. The minimum Gasteiger partial charge on any atom is -0.355 e. The lowest BCUT2D eigenvalue weighted by atomic mass is 9.97. The van der Waals surface area contributed by atoms with E-state index in [1.165, 1.54) is 23.5 Å². The minimum atomic E-state index is -3.87. The van der Waals surface area contributed by atoms with Crippen molar-refractivity contribution in [3.63, 3.8) is 0 Å². The molecule has 31 heavy (non-hydrogen) atoms. The van der Waals surface area contributed by atoms with E-state index in [4.69, 9.17) is 11.6 Å². The molecule has 3 rings (SSSR count). The smallest absolute Gasteiger partial charge is 0.254 e. The van der Waals surface area contributed by atoms with Crippen LogP contribution in [0.15, 0.2) is 41.3 Å². The van der Waals surface area contributed by atoms with Crippen molar-refractivity contribution in [2.45, 2.75) is 17.7 Å². The van der Waals surface area contributed by atoms with Gasteiger partial charge in [0.15, 0.2) is 0 Å². The maximum atomic E-state index is 13.8. The summed E-state index contributed by atoms with van der Waals surface area (Å²) >= 11 is 5.69. The second kappa shape index (κ2) is 9.29. The Hall–Kier alpha value is -2.56. The topological polar surface area (TPSA) is 95.6 Å². The number of rotatable bonds is 5. The van der Waals surface area contributed by atoms with Crippen molar-refractivity contribution in [3.05, 3.63) is 58.6 Å². The van der Waals surface area contributed by atoms with Gasteiger partial charge in [-0.15, -0.1) is 0 Å². The van der Waals surface area contributed by atoms with E-state index >= 15 is 0 Å². The third kappa shape index (κ3) is 5.03. The maximum Gasteiger partial charge on any atom is 0.254 e. The number of nitrogens with zero attached hydrogens (tertiary/aromatic N) is 1. The van der Waals surface area contributed by atoms with Gasteiger partial charge in [-0.1, -0.05) is 11.6 Å². The molecule has 2 amide bonds. The Morgan fingerprint density at radius 2 is 1.71 bits per heavy atom. The van der Waals surface area contributed by atoms with Crippen LogP contribution in [0.5, 0.6) is 0 Å². The number of anilines is 1. The summed E-state index contributed by atoms with van der Waals surface area (Å²) in [6, 6.07) is 6.87. The zero-order chi connectivity index (χ0) is 22.8. The van der Waals surface area contributed by atoms with Gasteiger partial charge < -0.3 is 10.6 Å². The molecule has 1 heterocycles. The summed E-state index contributed by atoms with van der Waals surface area (Å²) in [6.07, 6.45) is 0.535. The molecule has 1 aliphatic heterocycles. The van der Waals surface area contributed by atoms with Crippen LogP contribution in [0.25, 0.3) is 0 Å². The quantitative estimate of drug-likeness (QED) is 0.700. The Morgan fingerprint density at radius 1 is 1.06 bits per heavy atom. The summed E-state index contributed by atoms with van der Waals surface area (Å²) in [5.41, 5.74) is 0.0696. The summed E-state index contributed by atoms with van der Waals surface area (Å²) in [5.74, 6) is -2.85. The molecule has 0 aromatic heterocycles. The number of hydrogen-bond donors (Lipinski definition) is 2. The van der Waals surface area contributed by atoms with E-state index in [1.54, 1.807) is 0 Å². The van der Waals surface area contributed by atoms with Gasteiger partial charge in [0.25, 0.3) is 5.91 Å². The highest BCUT2D eigenvalue weighted by molar-refractivity contribution is 7.89. The molecule has 2 N–H and O–H groups in total. The Morgan fingerprint density at radius 3 is 2.32 bits per heavy atom. The van der Waals surface area contributed by atoms with Gasteiger partial charge in [-0.3, -0.25) is 9.59 Å². The number of piperidine rings is 1. The van der Waals surface area contributed by atoms with Crippen molar-refractivity contribution in [1.82, 2.24) is 9.62 Å². The predicted molar refractivity (Wildman–Crippen MR) is 111 cm³/mol. The molecule has 1 saturated heterocycles. The van der Waals surface area contributed by atoms with Crippen LogP contribution in [0.1, 0.15) is 23.2 Å². The third-order valence-corrected chi connectivity index (χ3v) is 7.24. The van der Waals surface area contributed by atoms with Gasteiger partial charge in [0, 0.05) is 31.7 Å². The second-order valence-corrected chi connectivity index (χ2v) is 9.36. The van der Waals surface area contributed by atoms with Crippen molar-refractivity contribution in [2.24, 2.45) is 5.92 Å². The maximum absolute atomic E-state index is 13.8. The van der Waals surface area contributed by atoms with Gasteiger partial charge >= 0.3 is 0 Å². The van der Waals surface area contributed by atoms with Gasteiger partial charge in [-0.05, 0) is 49.2 Å². The molecule has 0 unspecified atom stereocenters. The summed E-state index contributed by atoms with van der Waals surface area (Å²) in [5, 5.41) is 4.68. The molecule has 7 nitrogen and oxygen atoms in total. The zero-order valence-electron chi connectivity index (χ0n) is 16.5. The van der Waals surface area contributed by atoms with Crippen molar-refractivity contribution < 1.29 is 26.8 Å². The highest BCUT2D eigenvalue weighted by atomic mass is 35.5. The molecule has 1 aliphatic rings. The zero-order valence-corrected chi connectivity index (χ0v) is 18.1. The Balaban J connectivity index is 1.65. The number of carbonyl (C=O) groups is 2. The first kappa shape index (κ1) is 23.1. The SMILES string of the molecule is CNC(=O)c1cc(NC(=O)C2CCN(S(=O)(=O)c3ccc(F)c(Cl)c3)CC2)ccc1F. The van der Waals surface area contributed by atoms with E-state index < -0.39 is 33.5 Å². The van der Waals surface area contributed by atoms with Crippen LogP contribution in [0, 0.1) is 17.6 Å². The molecular formula is C20H20ClF2N3O4S. The first-order valence-corrected chi connectivity index (χ1v) is 11.2. The van der Waals surface area contributed by atoms with E-state index in [0.29, 0.717) is 0 Å². The summed E-state index contributed by atoms with van der Waals surface area (Å²) in [4.78, 5) is 24.2. The lowest BCUT2D eigenvalue weighted by Crippen LogP contribution is -2.41. The average Bonchev–Trinajstić information content (AvgIpc) is 2.76.